The van der Waals surface area contributed by atoms with Gasteiger partial charge in [-0.3, -0.25) is 4.79 Å². The van der Waals surface area contributed by atoms with Crippen molar-refractivity contribution in [2.24, 2.45) is 0 Å². The van der Waals surface area contributed by atoms with E-state index in [9.17, 15) is 13.6 Å². The highest BCUT2D eigenvalue weighted by Crippen LogP contribution is 2.25. The number of halogens is 2. The van der Waals surface area contributed by atoms with Crippen LogP contribution in [0, 0.1) is 0 Å². The average molecular weight is 258 g/mol. The molecule has 0 aliphatic heterocycles. The van der Waals surface area contributed by atoms with Crippen molar-refractivity contribution in [2.45, 2.75) is 19.5 Å². The van der Waals surface area contributed by atoms with Gasteiger partial charge in [-0.25, -0.2) is 0 Å². The van der Waals surface area contributed by atoms with Crippen molar-refractivity contribution < 1.29 is 18.3 Å². The number of carbonyl (C=O) groups excluding carboxylic acids is 1. The number of hydrogen-bond donors (Lipinski definition) is 2. The van der Waals surface area contributed by atoms with Crippen LogP contribution in [-0.2, 0) is 4.79 Å². The Labute approximate surface area is 104 Å². The number of carbonyl (C=O) groups is 1. The minimum atomic E-state index is -2.85. The van der Waals surface area contributed by atoms with Gasteiger partial charge >= 0.3 is 6.61 Å². The second-order valence-corrected chi connectivity index (χ2v) is 3.58. The number of nitrogens with one attached hydrogen (secondary N) is 2. The zero-order valence-corrected chi connectivity index (χ0v) is 10.1. The van der Waals surface area contributed by atoms with Crippen LogP contribution >= 0.6 is 0 Å². The van der Waals surface area contributed by atoms with Crippen molar-refractivity contribution in [1.82, 2.24) is 5.32 Å². The molecule has 0 unspecified atom stereocenters. The van der Waals surface area contributed by atoms with Gasteiger partial charge in [0, 0.05) is 20.0 Å². The molecule has 0 bridgehead atoms. The van der Waals surface area contributed by atoms with Crippen molar-refractivity contribution in [3.63, 3.8) is 0 Å². The van der Waals surface area contributed by atoms with Crippen LogP contribution in [0.3, 0.4) is 0 Å². The average Bonchev–Trinajstić information content (AvgIpc) is 2.35. The Kier molecular flexibility index (Phi) is 5.90. The lowest BCUT2D eigenvalue weighted by Crippen LogP contribution is -2.18. The smallest absolute Gasteiger partial charge is 0.387 e. The highest BCUT2D eigenvalue weighted by Gasteiger charge is 2.08. The van der Waals surface area contributed by atoms with Crippen LogP contribution < -0.4 is 15.4 Å². The molecule has 4 nitrogen and oxygen atoms in total. The maximum Gasteiger partial charge on any atom is 0.387 e. The van der Waals surface area contributed by atoms with E-state index in [1.165, 1.54) is 6.07 Å². The molecule has 0 aliphatic rings. The number of anilines is 1. The lowest BCUT2D eigenvalue weighted by atomic mass is 10.2. The molecule has 0 fully saturated rings. The highest BCUT2D eigenvalue weighted by molar-refractivity contribution is 5.75. The molecular weight excluding hydrogens is 242 g/mol. The Morgan fingerprint density at radius 3 is 2.78 bits per heavy atom. The quantitative estimate of drug-likeness (QED) is 0.737. The fourth-order valence-corrected chi connectivity index (χ4v) is 1.41. The van der Waals surface area contributed by atoms with Crippen molar-refractivity contribution in [1.29, 1.82) is 0 Å². The van der Waals surface area contributed by atoms with Gasteiger partial charge in [-0.15, -0.1) is 0 Å². The molecule has 0 spiro atoms. The van der Waals surface area contributed by atoms with Gasteiger partial charge in [-0.05, 0) is 18.6 Å². The van der Waals surface area contributed by atoms with Crippen LogP contribution in [0.1, 0.15) is 12.8 Å². The minimum Gasteiger partial charge on any atom is -0.433 e. The lowest BCUT2D eigenvalue weighted by Gasteiger charge is -2.12. The summed E-state index contributed by atoms with van der Waals surface area (Å²) < 4.78 is 28.6. The van der Waals surface area contributed by atoms with E-state index in [1.807, 2.05) is 0 Å². The second kappa shape index (κ2) is 7.47. The normalized spacial score (nSPS) is 10.2. The number of rotatable bonds is 7. The number of alkyl halides is 2. The highest BCUT2D eigenvalue weighted by atomic mass is 19.3. The molecular formula is C12H16F2N2O2. The number of hydrogen-bond acceptors (Lipinski definition) is 3. The van der Waals surface area contributed by atoms with Crippen molar-refractivity contribution in [3.05, 3.63) is 24.3 Å². The molecule has 100 valence electrons. The molecule has 0 aromatic heterocycles. The summed E-state index contributed by atoms with van der Waals surface area (Å²) >= 11 is 0. The van der Waals surface area contributed by atoms with Crippen LogP contribution in [0.4, 0.5) is 14.5 Å². The standard InChI is InChI=1S/C12H16F2N2O2/c1-15-11(17)7-4-8-16-9-5-2-3-6-10(9)18-12(13)14/h2-3,5-6,12,16H,4,7-8H2,1H3,(H,15,17). The Bertz CT molecular complexity index is 386. The van der Waals surface area contributed by atoms with E-state index in [0.29, 0.717) is 25.1 Å². The molecule has 0 radical (unpaired) electrons. The summed E-state index contributed by atoms with van der Waals surface area (Å²) in [6, 6.07) is 6.46. The summed E-state index contributed by atoms with van der Waals surface area (Å²) in [6.07, 6.45) is 1.00. The molecule has 2 N–H and O–H groups in total. The van der Waals surface area contributed by atoms with Gasteiger partial charge in [-0.2, -0.15) is 8.78 Å². The SMILES string of the molecule is CNC(=O)CCCNc1ccccc1OC(F)F. The van der Waals surface area contributed by atoms with E-state index in [2.05, 4.69) is 15.4 Å². The first-order chi connectivity index (χ1) is 8.63. The predicted molar refractivity (Wildman–Crippen MR) is 64.9 cm³/mol. The van der Waals surface area contributed by atoms with Crippen molar-refractivity contribution >= 4 is 11.6 Å². The van der Waals surface area contributed by atoms with E-state index in [4.69, 9.17) is 0 Å². The fourth-order valence-electron chi connectivity index (χ4n) is 1.41. The third-order valence-corrected chi connectivity index (χ3v) is 2.28. The van der Waals surface area contributed by atoms with Crippen LogP contribution in [0.15, 0.2) is 24.3 Å². The van der Waals surface area contributed by atoms with Gasteiger partial charge in [0.2, 0.25) is 5.91 Å². The molecule has 1 aromatic carbocycles. The van der Waals surface area contributed by atoms with E-state index in [-0.39, 0.29) is 11.7 Å². The summed E-state index contributed by atoms with van der Waals surface area (Å²) in [4.78, 5) is 11.0. The van der Waals surface area contributed by atoms with Crippen LogP contribution in [-0.4, -0.2) is 26.1 Å². The van der Waals surface area contributed by atoms with Gasteiger partial charge in [-0.1, -0.05) is 12.1 Å². The lowest BCUT2D eigenvalue weighted by molar-refractivity contribution is -0.120. The first-order valence-electron chi connectivity index (χ1n) is 5.61. The van der Waals surface area contributed by atoms with Gasteiger partial charge in [0.1, 0.15) is 5.75 Å². The van der Waals surface area contributed by atoms with Gasteiger partial charge < -0.3 is 15.4 Å². The molecule has 0 saturated carbocycles. The van der Waals surface area contributed by atoms with Crippen LogP contribution in [0.5, 0.6) is 5.75 Å². The Hall–Kier alpha value is -1.85. The Morgan fingerprint density at radius 1 is 1.39 bits per heavy atom. The largest absolute Gasteiger partial charge is 0.433 e. The Balaban J connectivity index is 2.43. The molecule has 0 aliphatic carbocycles. The van der Waals surface area contributed by atoms with Crippen molar-refractivity contribution in [3.8, 4) is 5.75 Å². The number of benzene rings is 1. The molecule has 0 saturated heterocycles. The number of para-hydroxylation sites is 2. The van der Waals surface area contributed by atoms with Gasteiger partial charge in [0.05, 0.1) is 5.69 Å². The van der Waals surface area contributed by atoms with E-state index < -0.39 is 6.61 Å². The summed E-state index contributed by atoms with van der Waals surface area (Å²) in [6.45, 7) is -2.34. The summed E-state index contributed by atoms with van der Waals surface area (Å²) in [5, 5.41) is 5.47. The summed E-state index contributed by atoms with van der Waals surface area (Å²) in [5.41, 5.74) is 0.495. The fraction of sp³-hybridized carbons (Fsp3) is 0.417. The van der Waals surface area contributed by atoms with Crippen LogP contribution in [0.25, 0.3) is 0 Å². The molecule has 1 rings (SSSR count). The van der Waals surface area contributed by atoms with E-state index in [0.717, 1.165) is 0 Å². The first-order valence-corrected chi connectivity index (χ1v) is 5.61. The third kappa shape index (κ3) is 4.99. The maximum absolute atomic E-state index is 12.1. The molecule has 18 heavy (non-hydrogen) atoms. The topological polar surface area (TPSA) is 50.4 Å². The molecule has 0 atom stereocenters. The zero-order valence-electron chi connectivity index (χ0n) is 10.1. The minimum absolute atomic E-state index is 0.0473. The monoisotopic (exact) mass is 258 g/mol. The van der Waals surface area contributed by atoms with Crippen molar-refractivity contribution in [2.75, 3.05) is 18.9 Å². The molecule has 1 aromatic rings. The third-order valence-electron chi connectivity index (χ3n) is 2.28. The van der Waals surface area contributed by atoms with Gasteiger partial charge in [0.25, 0.3) is 0 Å². The first kappa shape index (κ1) is 14.2. The van der Waals surface area contributed by atoms with E-state index >= 15 is 0 Å². The number of amides is 1. The molecule has 0 heterocycles. The predicted octanol–water partition coefficient (Wildman–Crippen LogP) is 2.23. The van der Waals surface area contributed by atoms with Crippen LogP contribution in [0.2, 0.25) is 0 Å². The summed E-state index contributed by atoms with van der Waals surface area (Å²) in [7, 11) is 1.57. The van der Waals surface area contributed by atoms with E-state index in [1.54, 1.807) is 25.2 Å². The molecule has 1 amide bonds. The Morgan fingerprint density at radius 2 is 2.11 bits per heavy atom. The summed E-state index contributed by atoms with van der Waals surface area (Å²) in [5.74, 6) is 0.0568. The number of ether oxygens (including phenoxy) is 1. The second-order valence-electron chi connectivity index (χ2n) is 3.58. The van der Waals surface area contributed by atoms with Gasteiger partial charge in [0.15, 0.2) is 0 Å². The maximum atomic E-state index is 12.1. The molecule has 6 heteroatoms. The zero-order chi connectivity index (χ0) is 13.4.